The van der Waals surface area contributed by atoms with Gasteiger partial charge in [0, 0.05) is 17.1 Å². The molecule has 4 nitrogen and oxygen atoms in total. The third kappa shape index (κ3) is 2.87. The minimum atomic E-state index is -0.425. The van der Waals surface area contributed by atoms with Crippen molar-refractivity contribution in [1.29, 1.82) is 0 Å². The third-order valence-corrected chi connectivity index (χ3v) is 3.69. The van der Waals surface area contributed by atoms with Crippen molar-refractivity contribution in [3.63, 3.8) is 0 Å². The van der Waals surface area contributed by atoms with E-state index in [4.69, 9.17) is 0 Å². The topological polar surface area (TPSA) is 49.4 Å². The molecule has 0 saturated carbocycles. The van der Waals surface area contributed by atoms with Crippen LogP contribution in [0.3, 0.4) is 0 Å². The SMILES string of the molecule is CC(C)NCCCN1C(=O)C(=O)c2cccc(Br)c21. The number of nitrogens with one attached hydrogen (secondary N) is 1. The predicted molar refractivity (Wildman–Crippen MR) is 78.6 cm³/mol. The van der Waals surface area contributed by atoms with Gasteiger partial charge in [-0.1, -0.05) is 19.9 Å². The molecule has 102 valence electrons. The van der Waals surface area contributed by atoms with Crippen molar-refractivity contribution >= 4 is 33.3 Å². The van der Waals surface area contributed by atoms with Crippen molar-refractivity contribution in [3.8, 4) is 0 Å². The van der Waals surface area contributed by atoms with Crippen LogP contribution in [-0.4, -0.2) is 30.8 Å². The van der Waals surface area contributed by atoms with Gasteiger partial charge in [0.25, 0.3) is 11.7 Å². The van der Waals surface area contributed by atoms with Crippen molar-refractivity contribution in [1.82, 2.24) is 5.32 Å². The van der Waals surface area contributed by atoms with Crippen LogP contribution in [-0.2, 0) is 4.79 Å². The zero-order valence-corrected chi connectivity index (χ0v) is 12.7. The van der Waals surface area contributed by atoms with Gasteiger partial charge in [0.15, 0.2) is 0 Å². The smallest absolute Gasteiger partial charge is 0.299 e. The molecule has 0 spiro atoms. The minimum absolute atomic E-state index is 0.409. The second kappa shape index (κ2) is 5.84. The van der Waals surface area contributed by atoms with E-state index in [0.29, 0.717) is 23.8 Å². The molecule has 1 amide bonds. The summed E-state index contributed by atoms with van der Waals surface area (Å²) in [5.41, 5.74) is 1.21. The first-order chi connectivity index (χ1) is 9.02. The van der Waals surface area contributed by atoms with Crippen LogP contribution in [0, 0.1) is 0 Å². The first-order valence-corrected chi connectivity index (χ1v) is 7.19. The van der Waals surface area contributed by atoms with Gasteiger partial charge in [0.2, 0.25) is 0 Å². The highest BCUT2D eigenvalue weighted by Crippen LogP contribution is 2.35. The number of fused-ring (bicyclic) bond motifs is 1. The third-order valence-electron chi connectivity index (χ3n) is 3.05. The van der Waals surface area contributed by atoms with Gasteiger partial charge in [-0.3, -0.25) is 9.59 Å². The lowest BCUT2D eigenvalue weighted by Gasteiger charge is -2.18. The van der Waals surface area contributed by atoms with E-state index >= 15 is 0 Å². The average Bonchev–Trinajstić information content (AvgIpc) is 2.60. The van der Waals surface area contributed by atoms with Gasteiger partial charge in [-0.05, 0) is 41.0 Å². The molecule has 5 heteroatoms. The van der Waals surface area contributed by atoms with E-state index in [2.05, 4.69) is 35.1 Å². The van der Waals surface area contributed by atoms with E-state index in [1.807, 2.05) is 6.07 Å². The molecule has 0 fully saturated rings. The molecule has 1 N–H and O–H groups in total. The van der Waals surface area contributed by atoms with E-state index in [-0.39, 0.29) is 0 Å². The first kappa shape index (κ1) is 14.2. The van der Waals surface area contributed by atoms with Gasteiger partial charge < -0.3 is 10.2 Å². The maximum absolute atomic E-state index is 12.0. The van der Waals surface area contributed by atoms with Crippen molar-refractivity contribution in [2.24, 2.45) is 0 Å². The second-order valence-corrected chi connectivity index (χ2v) is 5.74. The van der Waals surface area contributed by atoms with E-state index in [9.17, 15) is 9.59 Å². The van der Waals surface area contributed by atoms with Crippen LogP contribution in [0.5, 0.6) is 0 Å². The molecule has 0 bridgehead atoms. The number of Topliss-reactive ketones (excluding diaryl/α,β-unsaturated/α-hetero) is 1. The number of para-hydroxylation sites is 1. The summed E-state index contributed by atoms with van der Waals surface area (Å²) in [5.74, 6) is -0.834. The number of carbonyl (C=O) groups excluding carboxylic acids is 2. The molecule has 2 rings (SSSR count). The molecule has 0 atom stereocenters. The van der Waals surface area contributed by atoms with E-state index in [1.54, 1.807) is 17.0 Å². The van der Waals surface area contributed by atoms with Crippen LogP contribution in [0.2, 0.25) is 0 Å². The summed E-state index contributed by atoms with van der Waals surface area (Å²) >= 11 is 3.41. The van der Waals surface area contributed by atoms with Crippen LogP contribution in [0.4, 0.5) is 5.69 Å². The number of ketones is 1. The summed E-state index contributed by atoms with van der Waals surface area (Å²) in [4.78, 5) is 25.4. The molecular formula is C14H17BrN2O2. The fourth-order valence-corrected chi connectivity index (χ4v) is 2.73. The molecule has 1 aromatic carbocycles. The van der Waals surface area contributed by atoms with E-state index < -0.39 is 11.7 Å². The Morgan fingerprint density at radius 3 is 2.74 bits per heavy atom. The number of carbonyl (C=O) groups is 2. The molecule has 0 unspecified atom stereocenters. The van der Waals surface area contributed by atoms with Crippen molar-refractivity contribution in [2.45, 2.75) is 26.3 Å². The molecule has 1 aromatic rings. The summed E-state index contributed by atoms with van der Waals surface area (Å²) in [6.07, 6.45) is 0.817. The van der Waals surface area contributed by atoms with Crippen LogP contribution < -0.4 is 10.2 Å². The largest absolute Gasteiger partial charge is 0.314 e. The van der Waals surface area contributed by atoms with E-state index in [1.165, 1.54) is 0 Å². The predicted octanol–water partition coefficient (Wildman–Crippen LogP) is 2.37. The Bertz CT molecular complexity index is 514. The van der Waals surface area contributed by atoms with Gasteiger partial charge in [-0.2, -0.15) is 0 Å². The Labute approximate surface area is 121 Å². The Kier molecular flexibility index (Phi) is 4.37. The number of halogens is 1. The maximum atomic E-state index is 12.0. The molecule has 1 aliphatic heterocycles. The first-order valence-electron chi connectivity index (χ1n) is 6.40. The van der Waals surface area contributed by atoms with Gasteiger partial charge in [0.1, 0.15) is 0 Å². The second-order valence-electron chi connectivity index (χ2n) is 4.88. The van der Waals surface area contributed by atoms with Crippen molar-refractivity contribution in [2.75, 3.05) is 18.0 Å². The molecule has 1 heterocycles. The molecule has 0 saturated heterocycles. The Balaban J connectivity index is 2.10. The highest BCUT2D eigenvalue weighted by molar-refractivity contribution is 9.10. The fourth-order valence-electron chi connectivity index (χ4n) is 2.15. The molecule has 0 aliphatic carbocycles. The summed E-state index contributed by atoms with van der Waals surface area (Å²) < 4.78 is 0.793. The number of rotatable bonds is 5. The molecule has 0 aromatic heterocycles. The quantitative estimate of drug-likeness (QED) is 0.668. The van der Waals surface area contributed by atoms with Crippen molar-refractivity contribution in [3.05, 3.63) is 28.2 Å². The summed E-state index contributed by atoms with van der Waals surface area (Å²) in [6.45, 7) is 5.54. The molecule has 0 radical (unpaired) electrons. The van der Waals surface area contributed by atoms with Crippen molar-refractivity contribution < 1.29 is 9.59 Å². The lowest BCUT2D eigenvalue weighted by Crippen LogP contribution is -2.33. The highest BCUT2D eigenvalue weighted by Gasteiger charge is 2.36. The van der Waals surface area contributed by atoms with Gasteiger partial charge in [-0.25, -0.2) is 0 Å². The number of hydrogen-bond acceptors (Lipinski definition) is 3. The van der Waals surface area contributed by atoms with Gasteiger partial charge in [0.05, 0.1) is 11.3 Å². The maximum Gasteiger partial charge on any atom is 0.299 e. The van der Waals surface area contributed by atoms with Gasteiger partial charge >= 0.3 is 0 Å². The highest BCUT2D eigenvalue weighted by atomic mass is 79.9. The minimum Gasteiger partial charge on any atom is -0.314 e. The zero-order chi connectivity index (χ0) is 14.0. The standard InChI is InChI=1S/C14H17BrN2O2/c1-9(2)16-7-4-8-17-12-10(13(18)14(17)19)5-3-6-11(12)15/h3,5-6,9,16H,4,7-8H2,1-2H3. The van der Waals surface area contributed by atoms with Crippen LogP contribution in [0.15, 0.2) is 22.7 Å². The lowest BCUT2D eigenvalue weighted by molar-refractivity contribution is -0.114. The lowest BCUT2D eigenvalue weighted by atomic mass is 10.1. The summed E-state index contributed by atoms with van der Waals surface area (Å²) in [5, 5.41) is 3.30. The van der Waals surface area contributed by atoms with Crippen LogP contribution in [0.25, 0.3) is 0 Å². The van der Waals surface area contributed by atoms with Crippen LogP contribution >= 0.6 is 15.9 Å². The Morgan fingerprint density at radius 2 is 2.05 bits per heavy atom. The normalized spacial score (nSPS) is 14.4. The molecular weight excluding hydrogens is 308 g/mol. The zero-order valence-electron chi connectivity index (χ0n) is 11.1. The Hall–Kier alpha value is -1.20. The van der Waals surface area contributed by atoms with Crippen LogP contribution in [0.1, 0.15) is 30.6 Å². The molecule has 19 heavy (non-hydrogen) atoms. The fraction of sp³-hybridized carbons (Fsp3) is 0.429. The number of hydrogen-bond donors (Lipinski definition) is 1. The monoisotopic (exact) mass is 324 g/mol. The number of anilines is 1. The Morgan fingerprint density at radius 1 is 1.32 bits per heavy atom. The number of amides is 1. The van der Waals surface area contributed by atoms with Gasteiger partial charge in [-0.15, -0.1) is 0 Å². The number of nitrogens with zero attached hydrogens (tertiary/aromatic N) is 1. The summed E-state index contributed by atoms with van der Waals surface area (Å²) in [6, 6.07) is 5.75. The number of benzene rings is 1. The van der Waals surface area contributed by atoms with E-state index in [0.717, 1.165) is 17.4 Å². The average molecular weight is 325 g/mol. The molecule has 1 aliphatic rings. The summed E-state index contributed by atoms with van der Waals surface area (Å²) in [7, 11) is 0.